The molecule has 2 fully saturated rings. The number of nitrogens with zero attached hydrogens (tertiary/aromatic N) is 1. The van der Waals surface area contributed by atoms with Crippen molar-refractivity contribution >= 4 is 11.8 Å². The van der Waals surface area contributed by atoms with E-state index in [-0.39, 0.29) is 23.1 Å². The number of carbonyl (C=O) groups is 2. The van der Waals surface area contributed by atoms with Crippen molar-refractivity contribution in [3.05, 3.63) is 0 Å². The van der Waals surface area contributed by atoms with E-state index in [0.717, 1.165) is 38.1 Å². The summed E-state index contributed by atoms with van der Waals surface area (Å²) >= 11 is 0. The van der Waals surface area contributed by atoms with Crippen molar-refractivity contribution in [2.24, 2.45) is 17.3 Å². The third-order valence-corrected chi connectivity index (χ3v) is 5.08. The van der Waals surface area contributed by atoms with Gasteiger partial charge in [0.05, 0.1) is 5.92 Å². The van der Waals surface area contributed by atoms with Crippen molar-refractivity contribution in [2.45, 2.75) is 72.3 Å². The Morgan fingerprint density at radius 2 is 1.68 bits per heavy atom. The Morgan fingerprint density at radius 1 is 1.05 bits per heavy atom. The molecule has 0 aromatic heterocycles. The van der Waals surface area contributed by atoms with E-state index in [1.807, 2.05) is 25.7 Å². The SMILES string of the molecule is CC1CCC(NC(=O)C2CCCN(C(=O)C(C)(C)C)C2)CC1. The summed E-state index contributed by atoms with van der Waals surface area (Å²) in [4.78, 5) is 26.8. The largest absolute Gasteiger partial charge is 0.353 e. The maximum absolute atomic E-state index is 12.5. The summed E-state index contributed by atoms with van der Waals surface area (Å²) in [6.45, 7) is 9.51. The molecule has 2 amide bonds. The second-order valence-corrected chi connectivity index (χ2v) is 8.31. The summed E-state index contributed by atoms with van der Waals surface area (Å²) in [5.41, 5.74) is -0.363. The molecule has 4 nitrogen and oxygen atoms in total. The van der Waals surface area contributed by atoms with Crippen LogP contribution in [0, 0.1) is 17.3 Å². The summed E-state index contributed by atoms with van der Waals surface area (Å²) in [6, 6.07) is 0.345. The molecule has 0 aromatic rings. The predicted molar refractivity (Wildman–Crippen MR) is 88.3 cm³/mol. The lowest BCUT2D eigenvalue weighted by molar-refractivity contribution is -0.143. The van der Waals surface area contributed by atoms with Crippen molar-refractivity contribution in [2.75, 3.05) is 13.1 Å². The molecule has 22 heavy (non-hydrogen) atoms. The normalized spacial score (nSPS) is 30.0. The van der Waals surface area contributed by atoms with Gasteiger partial charge in [-0.3, -0.25) is 9.59 Å². The Labute approximate surface area is 135 Å². The Bertz CT molecular complexity index is 406. The van der Waals surface area contributed by atoms with Crippen LogP contribution in [-0.4, -0.2) is 35.8 Å². The van der Waals surface area contributed by atoms with Crippen LogP contribution in [0.4, 0.5) is 0 Å². The number of amides is 2. The van der Waals surface area contributed by atoms with E-state index in [0.29, 0.717) is 12.6 Å². The summed E-state index contributed by atoms with van der Waals surface area (Å²) in [5, 5.41) is 3.23. The minimum absolute atomic E-state index is 0.0283. The van der Waals surface area contributed by atoms with E-state index >= 15 is 0 Å². The molecule has 2 aliphatic rings. The molecule has 1 saturated carbocycles. The van der Waals surface area contributed by atoms with Gasteiger partial charge in [-0.1, -0.05) is 27.7 Å². The molecule has 1 saturated heterocycles. The summed E-state index contributed by atoms with van der Waals surface area (Å²) in [7, 11) is 0. The Balaban J connectivity index is 1.86. The zero-order valence-corrected chi connectivity index (χ0v) is 14.7. The molecule has 1 aliphatic carbocycles. The fourth-order valence-corrected chi connectivity index (χ4v) is 3.57. The number of piperidine rings is 1. The Morgan fingerprint density at radius 3 is 2.27 bits per heavy atom. The van der Waals surface area contributed by atoms with Crippen molar-refractivity contribution in [3.63, 3.8) is 0 Å². The van der Waals surface area contributed by atoms with Gasteiger partial charge in [0.1, 0.15) is 0 Å². The van der Waals surface area contributed by atoms with Gasteiger partial charge in [0.15, 0.2) is 0 Å². The Hall–Kier alpha value is -1.06. The monoisotopic (exact) mass is 308 g/mol. The van der Waals surface area contributed by atoms with Crippen LogP contribution in [0.3, 0.4) is 0 Å². The van der Waals surface area contributed by atoms with Gasteiger partial charge in [-0.05, 0) is 44.4 Å². The molecule has 0 aromatic carbocycles. The highest BCUT2D eigenvalue weighted by Gasteiger charge is 2.34. The number of hydrogen-bond acceptors (Lipinski definition) is 2. The molecule has 0 radical (unpaired) electrons. The lowest BCUT2D eigenvalue weighted by Gasteiger charge is -2.36. The first kappa shape index (κ1) is 17.3. The smallest absolute Gasteiger partial charge is 0.227 e. The van der Waals surface area contributed by atoms with Gasteiger partial charge in [0, 0.05) is 24.5 Å². The van der Waals surface area contributed by atoms with Gasteiger partial charge in [0.25, 0.3) is 0 Å². The van der Waals surface area contributed by atoms with Gasteiger partial charge in [-0.15, -0.1) is 0 Å². The van der Waals surface area contributed by atoms with Gasteiger partial charge in [-0.25, -0.2) is 0 Å². The minimum atomic E-state index is -0.363. The molecule has 0 spiro atoms. The minimum Gasteiger partial charge on any atom is -0.353 e. The Kier molecular flexibility index (Phi) is 5.51. The quantitative estimate of drug-likeness (QED) is 0.852. The first-order chi connectivity index (χ1) is 10.3. The van der Waals surface area contributed by atoms with Crippen LogP contribution in [0.25, 0.3) is 0 Å². The van der Waals surface area contributed by atoms with E-state index in [1.54, 1.807) is 0 Å². The molecular formula is C18H32N2O2. The van der Waals surface area contributed by atoms with E-state index in [4.69, 9.17) is 0 Å². The standard InChI is InChI=1S/C18H32N2O2/c1-13-7-9-15(10-8-13)19-16(21)14-6-5-11-20(12-14)17(22)18(2,3)4/h13-15H,5-12H2,1-4H3,(H,19,21). The highest BCUT2D eigenvalue weighted by Crippen LogP contribution is 2.26. The maximum atomic E-state index is 12.5. The van der Waals surface area contributed by atoms with E-state index in [2.05, 4.69) is 12.2 Å². The van der Waals surface area contributed by atoms with Crippen LogP contribution in [0.15, 0.2) is 0 Å². The van der Waals surface area contributed by atoms with Crippen LogP contribution in [-0.2, 0) is 9.59 Å². The molecule has 1 N–H and O–H groups in total. The van der Waals surface area contributed by atoms with E-state index in [9.17, 15) is 9.59 Å². The van der Waals surface area contributed by atoms with Gasteiger partial charge < -0.3 is 10.2 Å². The van der Waals surface area contributed by atoms with Gasteiger partial charge in [-0.2, -0.15) is 0 Å². The maximum Gasteiger partial charge on any atom is 0.227 e. The number of rotatable bonds is 2. The lowest BCUT2D eigenvalue weighted by Crippen LogP contribution is -2.50. The lowest BCUT2D eigenvalue weighted by atomic mass is 9.86. The molecule has 4 heteroatoms. The average Bonchev–Trinajstić information content (AvgIpc) is 2.48. The zero-order chi connectivity index (χ0) is 16.3. The molecular weight excluding hydrogens is 276 g/mol. The van der Waals surface area contributed by atoms with Crippen molar-refractivity contribution in [1.82, 2.24) is 10.2 Å². The van der Waals surface area contributed by atoms with E-state index < -0.39 is 0 Å². The topological polar surface area (TPSA) is 49.4 Å². The molecule has 126 valence electrons. The second kappa shape index (κ2) is 7.01. The molecule has 1 unspecified atom stereocenters. The fourth-order valence-electron chi connectivity index (χ4n) is 3.57. The van der Waals surface area contributed by atoms with Gasteiger partial charge in [0.2, 0.25) is 11.8 Å². The second-order valence-electron chi connectivity index (χ2n) is 8.31. The van der Waals surface area contributed by atoms with E-state index in [1.165, 1.54) is 12.8 Å². The number of hydrogen-bond donors (Lipinski definition) is 1. The first-order valence-corrected chi connectivity index (χ1v) is 8.87. The third-order valence-electron chi connectivity index (χ3n) is 5.08. The summed E-state index contributed by atoms with van der Waals surface area (Å²) < 4.78 is 0. The number of likely N-dealkylation sites (tertiary alicyclic amines) is 1. The van der Waals surface area contributed by atoms with Crippen molar-refractivity contribution < 1.29 is 9.59 Å². The van der Waals surface area contributed by atoms with Crippen LogP contribution in [0.1, 0.15) is 66.2 Å². The molecule has 1 atom stereocenters. The summed E-state index contributed by atoms with van der Waals surface area (Å²) in [6.07, 6.45) is 6.47. The average molecular weight is 308 g/mol. The molecule has 1 aliphatic heterocycles. The molecule has 2 rings (SSSR count). The predicted octanol–water partition coefficient (Wildman–Crippen LogP) is 2.97. The number of carbonyl (C=O) groups excluding carboxylic acids is 2. The van der Waals surface area contributed by atoms with Crippen molar-refractivity contribution in [1.29, 1.82) is 0 Å². The first-order valence-electron chi connectivity index (χ1n) is 8.87. The zero-order valence-electron chi connectivity index (χ0n) is 14.7. The highest BCUT2D eigenvalue weighted by atomic mass is 16.2. The van der Waals surface area contributed by atoms with Gasteiger partial charge >= 0.3 is 0 Å². The highest BCUT2D eigenvalue weighted by molar-refractivity contribution is 5.84. The third kappa shape index (κ3) is 4.47. The fraction of sp³-hybridized carbons (Fsp3) is 0.889. The van der Waals surface area contributed by atoms with Crippen LogP contribution >= 0.6 is 0 Å². The summed E-state index contributed by atoms with van der Waals surface area (Å²) in [5.74, 6) is 1.09. The number of nitrogens with one attached hydrogen (secondary N) is 1. The molecule has 0 bridgehead atoms. The van der Waals surface area contributed by atoms with Crippen molar-refractivity contribution in [3.8, 4) is 0 Å². The van der Waals surface area contributed by atoms with Crippen LogP contribution in [0.2, 0.25) is 0 Å². The molecule has 1 heterocycles. The van der Waals surface area contributed by atoms with Crippen LogP contribution in [0.5, 0.6) is 0 Å². The van der Waals surface area contributed by atoms with Crippen LogP contribution < -0.4 is 5.32 Å².